The van der Waals surface area contributed by atoms with Crippen molar-refractivity contribution in [1.29, 1.82) is 5.26 Å². The molecule has 0 bridgehead atoms. The number of rotatable bonds is 6. The number of hydrogen-bond acceptors (Lipinski definition) is 5. The molecule has 29 heavy (non-hydrogen) atoms. The van der Waals surface area contributed by atoms with Crippen molar-refractivity contribution in [3.8, 4) is 6.07 Å². The summed E-state index contributed by atoms with van der Waals surface area (Å²) in [5.74, 6) is 0.351. The first kappa shape index (κ1) is 21.1. The minimum atomic E-state index is -2.66. The van der Waals surface area contributed by atoms with Gasteiger partial charge in [-0.3, -0.25) is 4.90 Å². The highest BCUT2D eigenvalue weighted by Gasteiger charge is 2.28. The fraction of sp³-hybridized carbons (Fsp3) is 0.500. The lowest BCUT2D eigenvalue weighted by Crippen LogP contribution is -2.51. The van der Waals surface area contributed by atoms with Gasteiger partial charge in [0, 0.05) is 44.0 Å². The first-order valence-corrected chi connectivity index (χ1v) is 9.99. The molecule has 0 saturated carbocycles. The number of benzene rings is 1. The Labute approximate surface area is 171 Å². The van der Waals surface area contributed by atoms with Gasteiger partial charge < -0.3 is 4.90 Å². The summed E-state index contributed by atoms with van der Waals surface area (Å²) in [6.07, 6.45) is -0.300. The number of nitrogens with zero attached hydrogens (tertiary/aromatic N) is 5. The van der Waals surface area contributed by atoms with E-state index in [0.717, 1.165) is 17.8 Å². The van der Waals surface area contributed by atoms with E-state index in [1.165, 1.54) is 6.07 Å². The molecule has 0 N–H and O–H groups in total. The summed E-state index contributed by atoms with van der Waals surface area (Å²) in [5.41, 5.74) is 2.34. The van der Waals surface area contributed by atoms with Gasteiger partial charge in [0.25, 0.3) is 6.43 Å². The van der Waals surface area contributed by atoms with E-state index in [2.05, 4.69) is 40.8 Å². The molecule has 1 aliphatic rings. The van der Waals surface area contributed by atoms with Crippen LogP contribution in [0.2, 0.25) is 0 Å². The quantitative estimate of drug-likeness (QED) is 0.729. The van der Waals surface area contributed by atoms with Gasteiger partial charge in [-0.05, 0) is 49.1 Å². The van der Waals surface area contributed by atoms with Gasteiger partial charge in [0.1, 0.15) is 6.07 Å². The molecule has 1 unspecified atom stereocenters. The van der Waals surface area contributed by atoms with Crippen LogP contribution in [0.1, 0.15) is 49.6 Å². The van der Waals surface area contributed by atoms with Crippen LogP contribution in [0.25, 0.3) is 0 Å². The zero-order valence-electron chi connectivity index (χ0n) is 17.1. The van der Waals surface area contributed by atoms with Gasteiger partial charge in [-0.1, -0.05) is 13.8 Å². The number of aromatic nitrogens is 2. The molecule has 5 nitrogen and oxygen atoms in total. The Morgan fingerprint density at radius 3 is 2.66 bits per heavy atom. The van der Waals surface area contributed by atoms with E-state index in [0.29, 0.717) is 37.7 Å². The number of anilines is 1. The number of alkyl halides is 2. The van der Waals surface area contributed by atoms with Crippen molar-refractivity contribution in [3.05, 3.63) is 52.8 Å². The highest BCUT2D eigenvalue weighted by Crippen LogP contribution is 2.34. The molecule has 3 rings (SSSR count). The van der Waals surface area contributed by atoms with Crippen LogP contribution >= 0.6 is 0 Å². The van der Waals surface area contributed by atoms with Crippen molar-refractivity contribution in [2.75, 3.05) is 24.5 Å². The van der Waals surface area contributed by atoms with Crippen molar-refractivity contribution >= 4 is 5.69 Å². The molecule has 1 fully saturated rings. The van der Waals surface area contributed by atoms with E-state index in [9.17, 15) is 14.0 Å². The Hall–Kier alpha value is -2.59. The van der Waals surface area contributed by atoms with Crippen LogP contribution in [0.4, 0.5) is 14.5 Å². The van der Waals surface area contributed by atoms with E-state index in [1.54, 1.807) is 6.20 Å². The number of piperazine rings is 1. The minimum absolute atomic E-state index is 0.0992. The topological polar surface area (TPSA) is 56.1 Å². The predicted octanol–water partition coefficient (Wildman–Crippen LogP) is 4.20. The van der Waals surface area contributed by atoms with E-state index >= 15 is 0 Å². The highest BCUT2D eigenvalue weighted by atomic mass is 19.3. The summed E-state index contributed by atoms with van der Waals surface area (Å²) >= 11 is 0. The van der Waals surface area contributed by atoms with Crippen LogP contribution in [0.3, 0.4) is 0 Å². The largest absolute Gasteiger partial charge is 0.368 e. The van der Waals surface area contributed by atoms with Crippen LogP contribution < -0.4 is 4.90 Å². The van der Waals surface area contributed by atoms with Gasteiger partial charge in [-0.2, -0.15) is 15.5 Å². The molecule has 1 saturated heterocycles. The number of halogens is 2. The normalized spacial score (nSPS) is 17.7. The Morgan fingerprint density at radius 2 is 2.07 bits per heavy atom. The molecule has 0 spiro atoms. The first-order valence-electron chi connectivity index (χ1n) is 9.99. The predicted molar refractivity (Wildman–Crippen MR) is 109 cm³/mol. The molecular formula is C22H27F2N5. The molecule has 7 heteroatoms. The second kappa shape index (κ2) is 9.27. The average molecular weight is 399 g/mol. The molecule has 1 aliphatic heterocycles. The van der Waals surface area contributed by atoms with E-state index in [4.69, 9.17) is 0 Å². The van der Waals surface area contributed by atoms with Crippen molar-refractivity contribution in [3.63, 3.8) is 0 Å². The lowest BCUT2D eigenvalue weighted by Gasteiger charge is -2.41. The SMILES string of the molecule is CC(C)Cc1cc(C(F)F)c(C#N)c(N2CCN(Cc3cccnn3)C(C)C2)c1. The second-order valence-corrected chi connectivity index (χ2v) is 8.07. The molecule has 1 aromatic carbocycles. The summed E-state index contributed by atoms with van der Waals surface area (Å²) in [6, 6.07) is 9.48. The fourth-order valence-electron chi connectivity index (χ4n) is 3.92. The van der Waals surface area contributed by atoms with Crippen LogP contribution in [0.15, 0.2) is 30.5 Å². The summed E-state index contributed by atoms with van der Waals surface area (Å²) in [6.45, 7) is 9.04. The third-order valence-corrected chi connectivity index (χ3v) is 5.30. The van der Waals surface area contributed by atoms with E-state index < -0.39 is 6.43 Å². The maximum atomic E-state index is 13.7. The Balaban J connectivity index is 1.84. The first-order chi connectivity index (χ1) is 13.9. The van der Waals surface area contributed by atoms with Crippen LogP contribution in [-0.2, 0) is 13.0 Å². The van der Waals surface area contributed by atoms with Crippen LogP contribution in [0.5, 0.6) is 0 Å². The van der Waals surface area contributed by atoms with Crippen molar-refractivity contribution in [1.82, 2.24) is 15.1 Å². The van der Waals surface area contributed by atoms with Gasteiger partial charge in [0.05, 0.1) is 16.9 Å². The van der Waals surface area contributed by atoms with Gasteiger partial charge in [-0.25, -0.2) is 8.78 Å². The summed E-state index contributed by atoms with van der Waals surface area (Å²) < 4.78 is 27.3. The van der Waals surface area contributed by atoms with Crippen molar-refractivity contribution in [2.24, 2.45) is 5.92 Å². The molecular weight excluding hydrogens is 372 g/mol. The lowest BCUT2D eigenvalue weighted by molar-refractivity contribution is 0.151. The standard InChI is InChI=1S/C22H27F2N5/c1-15(2)9-17-10-19(22(23)24)20(12-25)21(11-17)29-8-7-28(16(3)13-29)14-18-5-4-6-26-27-18/h4-6,10-11,15-16,22H,7-9,13-14H2,1-3H3. The summed E-state index contributed by atoms with van der Waals surface area (Å²) in [4.78, 5) is 4.38. The van der Waals surface area contributed by atoms with Crippen molar-refractivity contribution in [2.45, 2.75) is 46.2 Å². The Morgan fingerprint density at radius 1 is 1.28 bits per heavy atom. The maximum Gasteiger partial charge on any atom is 0.265 e. The minimum Gasteiger partial charge on any atom is -0.368 e. The molecule has 1 atom stereocenters. The van der Waals surface area contributed by atoms with Gasteiger partial charge >= 0.3 is 0 Å². The van der Waals surface area contributed by atoms with Crippen LogP contribution in [-0.4, -0.2) is 40.8 Å². The molecule has 0 radical (unpaired) electrons. The molecule has 0 aliphatic carbocycles. The monoisotopic (exact) mass is 399 g/mol. The molecule has 0 amide bonds. The maximum absolute atomic E-state index is 13.7. The van der Waals surface area contributed by atoms with Gasteiger partial charge in [0.2, 0.25) is 0 Å². The second-order valence-electron chi connectivity index (χ2n) is 8.07. The molecule has 2 aromatic rings. The number of nitriles is 1. The Bertz CT molecular complexity index is 863. The molecule has 154 valence electrons. The smallest absolute Gasteiger partial charge is 0.265 e. The summed E-state index contributed by atoms with van der Waals surface area (Å²) in [5, 5.41) is 17.7. The third-order valence-electron chi connectivity index (χ3n) is 5.30. The van der Waals surface area contributed by atoms with Crippen molar-refractivity contribution < 1.29 is 8.78 Å². The van der Waals surface area contributed by atoms with E-state index in [-0.39, 0.29) is 17.2 Å². The summed E-state index contributed by atoms with van der Waals surface area (Å²) in [7, 11) is 0. The highest BCUT2D eigenvalue weighted by molar-refractivity contribution is 5.65. The third kappa shape index (κ3) is 5.07. The Kier molecular flexibility index (Phi) is 6.75. The van der Waals surface area contributed by atoms with Gasteiger partial charge in [-0.15, -0.1) is 0 Å². The average Bonchev–Trinajstić information content (AvgIpc) is 2.69. The van der Waals surface area contributed by atoms with Crippen LogP contribution in [0, 0.1) is 17.2 Å². The fourth-order valence-corrected chi connectivity index (χ4v) is 3.92. The zero-order chi connectivity index (χ0) is 21.0. The van der Waals surface area contributed by atoms with Gasteiger partial charge in [0.15, 0.2) is 0 Å². The van der Waals surface area contributed by atoms with E-state index in [1.807, 2.05) is 24.3 Å². The molecule has 1 aromatic heterocycles. The molecule has 2 heterocycles. The zero-order valence-corrected chi connectivity index (χ0v) is 17.1. The number of hydrogen-bond donors (Lipinski definition) is 0. The lowest BCUT2D eigenvalue weighted by atomic mass is 9.95.